The van der Waals surface area contributed by atoms with Gasteiger partial charge in [-0.15, -0.1) is 0 Å². The van der Waals surface area contributed by atoms with E-state index in [1.807, 2.05) is 24.3 Å². The van der Waals surface area contributed by atoms with Gasteiger partial charge in [0.05, 0.1) is 6.04 Å². The van der Waals surface area contributed by atoms with E-state index in [1.165, 1.54) is 0 Å². The highest BCUT2D eigenvalue weighted by Gasteiger charge is 2.31. The van der Waals surface area contributed by atoms with Crippen molar-refractivity contribution in [2.75, 3.05) is 26.7 Å². The molecule has 0 unspecified atom stereocenters. The van der Waals surface area contributed by atoms with Gasteiger partial charge in [0.2, 0.25) is 5.91 Å². The smallest absolute Gasteiger partial charge is 0.223 e. The maximum Gasteiger partial charge on any atom is 0.223 e. The lowest BCUT2D eigenvalue weighted by Gasteiger charge is -2.39. The molecular formula is C16H24N4O. The molecular weight excluding hydrogens is 264 g/mol. The number of carbonyl (C=O) groups excluding carboxylic acids is 1. The van der Waals surface area contributed by atoms with Crippen molar-refractivity contribution < 1.29 is 4.79 Å². The largest absolute Gasteiger partial charge is 0.339 e. The average Bonchev–Trinajstić information content (AvgIpc) is 3.11. The van der Waals surface area contributed by atoms with Crippen LogP contribution in [0.3, 0.4) is 0 Å². The van der Waals surface area contributed by atoms with Crippen LogP contribution < -0.4 is 0 Å². The Hall–Kier alpha value is -1.62. The molecule has 2 heterocycles. The lowest BCUT2D eigenvalue weighted by atomic mass is 10.0. The van der Waals surface area contributed by atoms with Gasteiger partial charge in [0.25, 0.3) is 0 Å². The SMILES string of the molecule is CN1CCN(C(=O)C[C@H]2C=CCC2)C[C@H]1c1nccn1C. The molecule has 1 aromatic rings. The highest BCUT2D eigenvalue weighted by atomic mass is 16.2. The fraction of sp³-hybridized carbons (Fsp3) is 0.625. The first-order valence-corrected chi connectivity index (χ1v) is 7.77. The topological polar surface area (TPSA) is 41.4 Å². The van der Waals surface area contributed by atoms with Gasteiger partial charge in [0.15, 0.2) is 0 Å². The molecule has 0 N–H and O–H groups in total. The first-order valence-electron chi connectivity index (χ1n) is 7.77. The Morgan fingerprint density at radius 3 is 2.90 bits per heavy atom. The average molecular weight is 288 g/mol. The normalized spacial score (nSPS) is 26.5. The minimum Gasteiger partial charge on any atom is -0.339 e. The summed E-state index contributed by atoms with van der Waals surface area (Å²) in [7, 11) is 4.13. The summed E-state index contributed by atoms with van der Waals surface area (Å²) in [6.45, 7) is 2.48. The number of piperazine rings is 1. The lowest BCUT2D eigenvalue weighted by molar-refractivity contribution is -0.134. The molecule has 0 bridgehead atoms. The van der Waals surface area contributed by atoms with Crippen LogP contribution in [0.15, 0.2) is 24.5 Å². The van der Waals surface area contributed by atoms with Crippen molar-refractivity contribution in [3.05, 3.63) is 30.4 Å². The van der Waals surface area contributed by atoms with Gasteiger partial charge >= 0.3 is 0 Å². The van der Waals surface area contributed by atoms with E-state index in [2.05, 4.69) is 33.7 Å². The highest BCUT2D eigenvalue weighted by molar-refractivity contribution is 5.77. The van der Waals surface area contributed by atoms with Gasteiger partial charge in [-0.3, -0.25) is 9.69 Å². The van der Waals surface area contributed by atoms with Crippen LogP contribution in [0.1, 0.15) is 31.1 Å². The molecule has 2 atom stereocenters. The summed E-state index contributed by atoms with van der Waals surface area (Å²) in [5, 5.41) is 0. The zero-order chi connectivity index (χ0) is 14.8. The Morgan fingerprint density at radius 2 is 2.24 bits per heavy atom. The Morgan fingerprint density at radius 1 is 1.38 bits per heavy atom. The van der Waals surface area contributed by atoms with Crippen molar-refractivity contribution in [2.45, 2.75) is 25.3 Å². The van der Waals surface area contributed by atoms with Crippen molar-refractivity contribution in [2.24, 2.45) is 13.0 Å². The summed E-state index contributed by atoms with van der Waals surface area (Å²) in [6, 6.07) is 0.196. The van der Waals surface area contributed by atoms with Gasteiger partial charge in [-0.2, -0.15) is 0 Å². The molecule has 5 heteroatoms. The Kier molecular flexibility index (Phi) is 4.10. The van der Waals surface area contributed by atoms with Gasteiger partial charge in [-0.05, 0) is 25.8 Å². The second kappa shape index (κ2) is 6.02. The van der Waals surface area contributed by atoms with E-state index in [-0.39, 0.29) is 6.04 Å². The summed E-state index contributed by atoms with van der Waals surface area (Å²) < 4.78 is 2.05. The van der Waals surface area contributed by atoms with Gasteiger partial charge in [0.1, 0.15) is 5.82 Å². The number of hydrogen-bond acceptors (Lipinski definition) is 3. The van der Waals surface area contributed by atoms with E-state index in [0.29, 0.717) is 18.2 Å². The molecule has 2 aliphatic rings. The summed E-state index contributed by atoms with van der Waals surface area (Å²) >= 11 is 0. The number of nitrogens with zero attached hydrogens (tertiary/aromatic N) is 4. The zero-order valence-corrected chi connectivity index (χ0v) is 12.9. The van der Waals surface area contributed by atoms with Gasteiger partial charge in [-0.1, -0.05) is 12.2 Å². The fourth-order valence-electron chi connectivity index (χ4n) is 3.30. The highest BCUT2D eigenvalue weighted by Crippen LogP contribution is 2.25. The Bertz CT molecular complexity index is 536. The van der Waals surface area contributed by atoms with Crippen LogP contribution >= 0.6 is 0 Å². The van der Waals surface area contributed by atoms with Crippen molar-refractivity contribution in [1.82, 2.24) is 19.4 Å². The molecule has 1 saturated heterocycles. The number of hydrogen-bond donors (Lipinski definition) is 0. The lowest BCUT2D eigenvalue weighted by Crippen LogP contribution is -2.49. The molecule has 21 heavy (non-hydrogen) atoms. The van der Waals surface area contributed by atoms with Gasteiger partial charge in [0, 0.05) is 45.5 Å². The molecule has 0 saturated carbocycles. The van der Waals surface area contributed by atoms with E-state index in [1.54, 1.807) is 0 Å². The number of carbonyl (C=O) groups is 1. The maximum atomic E-state index is 12.5. The fourth-order valence-corrected chi connectivity index (χ4v) is 3.30. The summed E-state index contributed by atoms with van der Waals surface area (Å²) in [6.07, 6.45) is 11.1. The second-order valence-corrected chi connectivity index (χ2v) is 6.20. The van der Waals surface area contributed by atoms with E-state index >= 15 is 0 Å². The molecule has 0 radical (unpaired) electrons. The predicted molar refractivity (Wildman–Crippen MR) is 81.6 cm³/mol. The minimum atomic E-state index is 0.196. The van der Waals surface area contributed by atoms with Crippen LogP contribution in [0.4, 0.5) is 0 Å². The van der Waals surface area contributed by atoms with E-state index < -0.39 is 0 Å². The number of imidazole rings is 1. The number of aromatic nitrogens is 2. The molecule has 0 aromatic carbocycles. The zero-order valence-electron chi connectivity index (χ0n) is 12.9. The van der Waals surface area contributed by atoms with Crippen LogP contribution in [0.25, 0.3) is 0 Å². The number of allylic oxidation sites excluding steroid dienone is 2. The quantitative estimate of drug-likeness (QED) is 0.793. The molecule has 1 aliphatic heterocycles. The van der Waals surface area contributed by atoms with E-state index in [9.17, 15) is 4.79 Å². The standard InChI is InChI=1S/C16H24N4O/c1-18-9-10-20(15(21)11-13-5-3-4-6-13)12-14(18)16-17-7-8-19(16)2/h3,5,7-8,13-14H,4,6,9-12H2,1-2H3/t13-,14-/m0/s1. The summed E-state index contributed by atoms with van der Waals surface area (Å²) in [4.78, 5) is 21.3. The van der Waals surface area contributed by atoms with Crippen molar-refractivity contribution in [3.8, 4) is 0 Å². The molecule has 0 spiro atoms. The number of rotatable bonds is 3. The van der Waals surface area contributed by atoms with Crippen molar-refractivity contribution in [3.63, 3.8) is 0 Å². The Balaban J connectivity index is 1.66. The van der Waals surface area contributed by atoms with Crippen LogP contribution in [0, 0.1) is 5.92 Å². The summed E-state index contributed by atoms with van der Waals surface area (Å²) in [5.41, 5.74) is 0. The van der Waals surface area contributed by atoms with Crippen molar-refractivity contribution in [1.29, 1.82) is 0 Å². The third-order valence-electron chi connectivity index (χ3n) is 4.71. The number of aryl methyl sites for hydroxylation is 1. The first-order chi connectivity index (χ1) is 10.1. The van der Waals surface area contributed by atoms with E-state index in [0.717, 1.165) is 38.3 Å². The Labute approximate surface area is 126 Å². The predicted octanol–water partition coefficient (Wildman–Crippen LogP) is 1.59. The monoisotopic (exact) mass is 288 g/mol. The number of amides is 1. The third kappa shape index (κ3) is 3.02. The van der Waals surface area contributed by atoms with Crippen LogP contribution in [-0.4, -0.2) is 51.9 Å². The minimum absolute atomic E-state index is 0.196. The van der Waals surface area contributed by atoms with Crippen LogP contribution in [-0.2, 0) is 11.8 Å². The summed E-state index contributed by atoms with van der Waals surface area (Å²) in [5.74, 6) is 1.78. The van der Waals surface area contributed by atoms with Gasteiger partial charge < -0.3 is 9.47 Å². The molecule has 114 valence electrons. The molecule has 1 aliphatic carbocycles. The van der Waals surface area contributed by atoms with Crippen LogP contribution in [0.2, 0.25) is 0 Å². The second-order valence-electron chi connectivity index (χ2n) is 6.20. The van der Waals surface area contributed by atoms with Crippen molar-refractivity contribution >= 4 is 5.91 Å². The van der Waals surface area contributed by atoms with Gasteiger partial charge in [-0.25, -0.2) is 4.98 Å². The van der Waals surface area contributed by atoms with Crippen LogP contribution in [0.5, 0.6) is 0 Å². The molecule has 1 amide bonds. The molecule has 1 fully saturated rings. The molecule has 5 nitrogen and oxygen atoms in total. The molecule has 1 aromatic heterocycles. The maximum absolute atomic E-state index is 12.5. The molecule has 3 rings (SSSR count). The number of likely N-dealkylation sites (N-methyl/N-ethyl adjacent to an activating group) is 1. The van der Waals surface area contributed by atoms with E-state index in [4.69, 9.17) is 0 Å². The first kappa shape index (κ1) is 14.3. The third-order valence-corrected chi connectivity index (χ3v) is 4.71.